The van der Waals surface area contributed by atoms with Crippen molar-refractivity contribution in [3.8, 4) is 29.0 Å². The van der Waals surface area contributed by atoms with Crippen LogP contribution >= 0.6 is 22.9 Å². The molecule has 0 aliphatic carbocycles. The van der Waals surface area contributed by atoms with E-state index < -0.39 is 48.5 Å². The summed E-state index contributed by atoms with van der Waals surface area (Å²) in [7, 11) is 0. The van der Waals surface area contributed by atoms with Crippen molar-refractivity contribution >= 4 is 54.7 Å². The predicted octanol–water partition coefficient (Wildman–Crippen LogP) is 6.86. The van der Waals surface area contributed by atoms with Crippen LogP contribution in [0.1, 0.15) is 37.7 Å². The van der Waals surface area contributed by atoms with Gasteiger partial charge in [-0.3, -0.25) is 4.90 Å². The van der Waals surface area contributed by atoms with Crippen molar-refractivity contribution < 1.29 is 36.2 Å². The Balaban J connectivity index is 1.38. The van der Waals surface area contributed by atoms with Gasteiger partial charge in [-0.1, -0.05) is 17.7 Å². The number of nitrogens with two attached hydrogens (primary N) is 1. The molecule has 0 amide bonds. The lowest BCUT2D eigenvalue weighted by Crippen LogP contribution is -2.49. The molecule has 3 fully saturated rings. The smallest absolute Gasteiger partial charge is 0.319 e. The molecule has 8 rings (SSSR count). The lowest BCUT2D eigenvalue weighted by molar-refractivity contribution is 0.0930. The number of alkyl halides is 3. The van der Waals surface area contributed by atoms with Crippen LogP contribution < -0.4 is 20.1 Å². The Morgan fingerprint density at radius 2 is 2.06 bits per heavy atom. The van der Waals surface area contributed by atoms with Gasteiger partial charge in [0.05, 0.1) is 45.4 Å². The normalized spacial score (nSPS) is 25.3. The fraction of sp³-hybridized carbons (Fsp3) is 0.485. The fourth-order valence-corrected chi connectivity index (χ4v) is 9.28. The lowest BCUT2D eigenvalue weighted by atomic mass is 9.95. The Morgan fingerprint density at radius 3 is 2.86 bits per heavy atom. The van der Waals surface area contributed by atoms with E-state index in [-0.39, 0.29) is 91.5 Å². The van der Waals surface area contributed by atoms with Crippen molar-refractivity contribution in [2.75, 3.05) is 50.1 Å². The zero-order chi connectivity index (χ0) is 34.2. The summed E-state index contributed by atoms with van der Waals surface area (Å²) in [4.78, 5) is 12.4. The van der Waals surface area contributed by atoms with Crippen LogP contribution in [0, 0.1) is 23.0 Å². The summed E-state index contributed by atoms with van der Waals surface area (Å²) < 4.78 is 93.9. The standard InChI is InChI=1S/C33H30ClF5N6O3S/c34-25-23(16-4-5-18(36)29-22(16)17(10-40)30(41)49-29)26(39)27-24-28(25)48-20-3-1-8-46-13-19(20)45(12-21(37)38)31(24)43-32(42-27)47-14-33-6-2-7-44(33)11-15(35)9-33/h4-5,15,19-21H,1-3,6-9,11-14,41H2/t15-,19?,20?,33+/m1/s1. The quantitative estimate of drug-likeness (QED) is 0.214. The molecule has 258 valence electrons. The Labute approximate surface area is 286 Å². The lowest BCUT2D eigenvalue weighted by Gasteiger charge is -2.34. The minimum Gasteiger partial charge on any atom is -0.486 e. The van der Waals surface area contributed by atoms with Gasteiger partial charge < -0.3 is 24.8 Å². The highest BCUT2D eigenvalue weighted by molar-refractivity contribution is 7.23. The van der Waals surface area contributed by atoms with Crippen LogP contribution in [0.25, 0.3) is 32.1 Å². The second kappa shape index (κ2) is 12.3. The van der Waals surface area contributed by atoms with E-state index in [2.05, 4.69) is 9.97 Å². The topological polar surface area (TPSA) is 110 Å². The van der Waals surface area contributed by atoms with Crippen LogP contribution in [-0.4, -0.2) is 84.6 Å². The molecule has 2 aromatic heterocycles. The second-order valence-electron chi connectivity index (χ2n) is 13.0. The number of hydrogen-bond donors (Lipinski definition) is 1. The predicted molar refractivity (Wildman–Crippen MR) is 175 cm³/mol. The molecule has 0 spiro atoms. The third-order valence-electron chi connectivity index (χ3n) is 10.1. The molecule has 3 saturated heterocycles. The van der Waals surface area contributed by atoms with Crippen molar-refractivity contribution in [1.82, 2.24) is 14.9 Å². The van der Waals surface area contributed by atoms with Gasteiger partial charge in [-0.05, 0) is 43.9 Å². The van der Waals surface area contributed by atoms with Crippen LogP contribution in [0.3, 0.4) is 0 Å². The van der Waals surface area contributed by atoms with Crippen LogP contribution in [0.2, 0.25) is 5.02 Å². The van der Waals surface area contributed by atoms with Gasteiger partial charge in [0.25, 0.3) is 6.43 Å². The fourth-order valence-electron chi connectivity index (χ4n) is 8.01. The third-order valence-corrected chi connectivity index (χ3v) is 11.5. The van der Waals surface area contributed by atoms with Gasteiger partial charge in [0.2, 0.25) is 0 Å². The molecule has 2 unspecified atom stereocenters. The number of hydrogen-bond acceptors (Lipinski definition) is 10. The van der Waals surface area contributed by atoms with E-state index in [0.717, 1.165) is 23.8 Å². The maximum Gasteiger partial charge on any atom is 0.319 e. The van der Waals surface area contributed by atoms with Crippen molar-refractivity contribution in [1.29, 1.82) is 5.26 Å². The Bertz CT molecular complexity index is 2030. The number of ether oxygens (including phenoxy) is 3. The van der Waals surface area contributed by atoms with Gasteiger partial charge in [-0.2, -0.15) is 15.2 Å². The summed E-state index contributed by atoms with van der Waals surface area (Å²) in [6.45, 7) is 0.610. The average Bonchev–Trinajstić information content (AvgIpc) is 3.61. The van der Waals surface area contributed by atoms with Gasteiger partial charge in [-0.25, -0.2) is 22.0 Å². The molecule has 6 heterocycles. The van der Waals surface area contributed by atoms with E-state index in [1.54, 1.807) is 0 Å². The number of aromatic nitrogens is 2. The molecular formula is C33H30ClF5N6O3S. The highest BCUT2D eigenvalue weighted by atomic mass is 35.5. The molecule has 4 atom stereocenters. The largest absolute Gasteiger partial charge is 0.486 e. The van der Waals surface area contributed by atoms with Gasteiger partial charge in [0, 0.05) is 30.5 Å². The molecule has 0 radical (unpaired) electrons. The van der Waals surface area contributed by atoms with Crippen LogP contribution in [0.5, 0.6) is 11.8 Å². The summed E-state index contributed by atoms with van der Waals surface area (Å²) >= 11 is 7.89. The molecule has 16 heteroatoms. The number of nitrogen functional groups attached to an aromatic ring is 1. The highest BCUT2D eigenvalue weighted by Crippen LogP contribution is 2.52. The number of benzene rings is 2. The summed E-state index contributed by atoms with van der Waals surface area (Å²) in [5.41, 5.74) is 4.94. The summed E-state index contributed by atoms with van der Waals surface area (Å²) in [5.74, 6) is -1.75. The van der Waals surface area contributed by atoms with Gasteiger partial charge >= 0.3 is 6.01 Å². The molecule has 4 aliphatic heterocycles. The molecule has 2 N–H and O–H groups in total. The molecule has 9 nitrogen and oxygen atoms in total. The summed E-state index contributed by atoms with van der Waals surface area (Å²) in [6, 6.07) is 3.36. The maximum atomic E-state index is 17.2. The van der Waals surface area contributed by atoms with E-state index in [4.69, 9.17) is 31.5 Å². The molecule has 49 heavy (non-hydrogen) atoms. The molecule has 0 bridgehead atoms. The number of rotatable bonds is 6. The number of thiophene rings is 1. The van der Waals surface area contributed by atoms with Crippen molar-refractivity contribution in [3.05, 3.63) is 34.4 Å². The van der Waals surface area contributed by atoms with E-state index >= 15 is 8.78 Å². The second-order valence-corrected chi connectivity index (χ2v) is 14.4. The number of nitriles is 1. The molecule has 0 saturated carbocycles. The zero-order valence-electron chi connectivity index (χ0n) is 26.0. The van der Waals surface area contributed by atoms with E-state index in [1.165, 1.54) is 11.0 Å². The Kier molecular flexibility index (Phi) is 8.13. The van der Waals surface area contributed by atoms with Crippen molar-refractivity contribution in [2.24, 2.45) is 0 Å². The molecule has 2 aromatic carbocycles. The highest BCUT2D eigenvalue weighted by Gasteiger charge is 2.49. The minimum absolute atomic E-state index is 0.00605. The minimum atomic E-state index is -2.81. The molecular weight excluding hydrogens is 691 g/mol. The first kappa shape index (κ1) is 32.5. The Hall–Kier alpha value is -3.71. The first-order chi connectivity index (χ1) is 23.6. The molecule has 4 aliphatic rings. The number of fused-ring (bicyclic) bond motifs is 3. The van der Waals surface area contributed by atoms with Crippen LogP contribution in [0.15, 0.2) is 12.1 Å². The first-order valence-corrected chi connectivity index (χ1v) is 17.2. The van der Waals surface area contributed by atoms with Crippen molar-refractivity contribution in [2.45, 2.75) is 62.4 Å². The van der Waals surface area contributed by atoms with Crippen molar-refractivity contribution in [3.63, 3.8) is 0 Å². The van der Waals surface area contributed by atoms with Gasteiger partial charge in [0.15, 0.2) is 11.6 Å². The van der Waals surface area contributed by atoms with E-state index in [0.29, 0.717) is 32.4 Å². The van der Waals surface area contributed by atoms with Crippen LogP contribution in [-0.2, 0) is 4.74 Å². The SMILES string of the molecule is N#Cc1c(N)sc2c(F)ccc(-c3c(Cl)c4c5c(nc(OC[C@@]67CCCN6C[C@H](F)C7)nc5c3F)N(CC(F)F)C3COCCCC3O4)c12. The Morgan fingerprint density at radius 1 is 1.22 bits per heavy atom. The zero-order valence-corrected chi connectivity index (χ0v) is 27.5. The summed E-state index contributed by atoms with van der Waals surface area (Å²) in [5, 5.41) is 9.79. The number of halogens is 6. The number of nitrogens with zero attached hydrogens (tertiary/aromatic N) is 5. The van der Waals surface area contributed by atoms with E-state index in [9.17, 15) is 18.4 Å². The van der Waals surface area contributed by atoms with Gasteiger partial charge in [0.1, 0.15) is 47.1 Å². The molecule has 4 aromatic rings. The third kappa shape index (κ3) is 5.21. The van der Waals surface area contributed by atoms with Gasteiger partial charge in [-0.15, -0.1) is 11.3 Å². The summed E-state index contributed by atoms with van der Waals surface area (Å²) in [6.07, 6.45) is -1.81. The monoisotopic (exact) mass is 720 g/mol. The first-order valence-electron chi connectivity index (χ1n) is 16.0. The van der Waals surface area contributed by atoms with Crippen LogP contribution in [0.4, 0.5) is 32.8 Å². The number of anilines is 2. The maximum absolute atomic E-state index is 17.2. The average molecular weight is 721 g/mol. The van der Waals surface area contributed by atoms with E-state index in [1.807, 2.05) is 11.0 Å².